The number of hydrogen-bond donors (Lipinski definition) is 1. The minimum atomic E-state index is -0.490. The topological polar surface area (TPSA) is 44.5 Å². The highest BCUT2D eigenvalue weighted by molar-refractivity contribution is 5.56. The molecule has 15 heavy (non-hydrogen) atoms. The Morgan fingerprint density at radius 2 is 1.80 bits per heavy atom. The van der Waals surface area contributed by atoms with Crippen LogP contribution >= 0.6 is 0 Å². The summed E-state index contributed by atoms with van der Waals surface area (Å²) in [6.07, 6.45) is 0. The molecule has 0 fully saturated rings. The average molecular weight is 213 g/mol. The molecule has 0 amide bonds. The maximum absolute atomic E-state index is 13.2. The van der Waals surface area contributed by atoms with Gasteiger partial charge in [0.2, 0.25) is 0 Å². The molecule has 0 aliphatic carbocycles. The Kier molecular flexibility index (Phi) is 3.07. The highest BCUT2D eigenvalue weighted by atomic mass is 19.1. The van der Waals surface area contributed by atoms with Crippen molar-refractivity contribution in [2.45, 2.75) is 26.4 Å². The van der Waals surface area contributed by atoms with E-state index in [1.165, 1.54) is 19.2 Å². The van der Waals surface area contributed by atoms with E-state index < -0.39 is 5.82 Å². The molecule has 0 aliphatic rings. The lowest BCUT2D eigenvalue weighted by molar-refractivity contribution is 0.131. The quantitative estimate of drug-likeness (QED) is 0.768. The van der Waals surface area contributed by atoms with E-state index in [4.69, 9.17) is 15.2 Å². The number of nitrogen functional groups attached to an aromatic ring is 1. The lowest BCUT2D eigenvalue weighted by Crippen LogP contribution is -2.23. The fourth-order valence-electron chi connectivity index (χ4n) is 1.12. The molecule has 1 aromatic rings. The van der Waals surface area contributed by atoms with Gasteiger partial charge in [-0.15, -0.1) is 0 Å². The van der Waals surface area contributed by atoms with Gasteiger partial charge in [-0.1, -0.05) is 0 Å². The van der Waals surface area contributed by atoms with Crippen molar-refractivity contribution in [3.05, 3.63) is 17.9 Å². The van der Waals surface area contributed by atoms with Gasteiger partial charge in [-0.2, -0.15) is 0 Å². The van der Waals surface area contributed by atoms with Crippen LogP contribution in [0.4, 0.5) is 10.1 Å². The molecule has 3 nitrogen and oxygen atoms in total. The Hall–Kier alpha value is -1.45. The van der Waals surface area contributed by atoms with Gasteiger partial charge in [0, 0.05) is 12.1 Å². The molecular formula is C11H16FNO2. The van der Waals surface area contributed by atoms with Gasteiger partial charge in [-0.05, 0) is 20.8 Å². The second-order valence-corrected chi connectivity index (χ2v) is 4.24. The summed E-state index contributed by atoms with van der Waals surface area (Å²) < 4.78 is 23.6. The lowest BCUT2D eigenvalue weighted by Gasteiger charge is -2.22. The van der Waals surface area contributed by atoms with Gasteiger partial charge >= 0.3 is 0 Å². The van der Waals surface area contributed by atoms with Crippen LogP contribution in [-0.4, -0.2) is 12.7 Å². The summed E-state index contributed by atoms with van der Waals surface area (Å²) in [7, 11) is 1.40. The average Bonchev–Trinajstić information content (AvgIpc) is 2.07. The number of methoxy groups -OCH3 is 1. The summed E-state index contributed by atoms with van der Waals surface area (Å²) in [4.78, 5) is 0. The minimum Gasteiger partial charge on any atom is -0.494 e. The van der Waals surface area contributed by atoms with E-state index in [-0.39, 0.29) is 17.0 Å². The summed E-state index contributed by atoms with van der Waals surface area (Å²) in [5.41, 5.74) is 5.52. The highest BCUT2D eigenvalue weighted by Crippen LogP contribution is 2.32. The molecule has 4 heteroatoms. The van der Waals surface area contributed by atoms with E-state index in [1.54, 1.807) is 0 Å². The van der Waals surface area contributed by atoms with E-state index in [9.17, 15) is 4.39 Å². The zero-order valence-corrected chi connectivity index (χ0v) is 9.43. The first-order chi connectivity index (χ1) is 6.83. The van der Waals surface area contributed by atoms with Gasteiger partial charge in [-0.3, -0.25) is 0 Å². The number of rotatable bonds is 2. The molecule has 2 N–H and O–H groups in total. The van der Waals surface area contributed by atoms with E-state index in [2.05, 4.69) is 0 Å². The van der Waals surface area contributed by atoms with E-state index in [1.807, 2.05) is 20.8 Å². The molecule has 0 heterocycles. The Morgan fingerprint density at radius 1 is 1.20 bits per heavy atom. The first kappa shape index (κ1) is 11.6. The maximum Gasteiger partial charge on any atom is 0.167 e. The largest absolute Gasteiger partial charge is 0.494 e. The first-order valence-electron chi connectivity index (χ1n) is 4.65. The normalized spacial score (nSPS) is 11.3. The predicted molar refractivity (Wildman–Crippen MR) is 57.7 cm³/mol. The fourth-order valence-corrected chi connectivity index (χ4v) is 1.12. The lowest BCUT2D eigenvalue weighted by atomic mass is 10.2. The smallest absolute Gasteiger partial charge is 0.167 e. The number of hydrogen-bond acceptors (Lipinski definition) is 3. The van der Waals surface area contributed by atoms with Crippen LogP contribution in [0.1, 0.15) is 20.8 Å². The molecule has 0 saturated heterocycles. The standard InChI is InChI=1S/C11H16FNO2/c1-11(2,3)15-10-6-9(14-4)7(12)5-8(10)13/h5-6H,13H2,1-4H3. The van der Waals surface area contributed by atoms with Crippen molar-refractivity contribution in [2.75, 3.05) is 12.8 Å². The molecule has 0 unspecified atom stereocenters. The third-order valence-corrected chi connectivity index (χ3v) is 1.70. The molecule has 0 spiro atoms. The van der Waals surface area contributed by atoms with Gasteiger partial charge in [0.25, 0.3) is 0 Å². The predicted octanol–water partition coefficient (Wildman–Crippen LogP) is 2.59. The van der Waals surface area contributed by atoms with E-state index >= 15 is 0 Å². The van der Waals surface area contributed by atoms with Gasteiger partial charge < -0.3 is 15.2 Å². The Bertz CT molecular complexity index is 358. The van der Waals surface area contributed by atoms with Crippen LogP contribution < -0.4 is 15.2 Å². The van der Waals surface area contributed by atoms with Crippen molar-refractivity contribution < 1.29 is 13.9 Å². The van der Waals surface area contributed by atoms with Crippen molar-refractivity contribution >= 4 is 5.69 Å². The molecule has 84 valence electrons. The SMILES string of the molecule is COc1cc(OC(C)(C)C)c(N)cc1F. The van der Waals surface area contributed by atoms with Crippen LogP contribution in [-0.2, 0) is 0 Å². The zero-order valence-electron chi connectivity index (χ0n) is 9.43. The summed E-state index contributed by atoms with van der Waals surface area (Å²) in [6.45, 7) is 5.67. The second kappa shape index (κ2) is 3.96. The third-order valence-electron chi connectivity index (χ3n) is 1.70. The Morgan fingerprint density at radius 3 is 2.27 bits per heavy atom. The van der Waals surface area contributed by atoms with Gasteiger partial charge in [0.05, 0.1) is 12.8 Å². The molecule has 0 aromatic heterocycles. The molecule has 0 saturated carbocycles. The Labute approximate surface area is 89.0 Å². The van der Waals surface area contributed by atoms with Crippen LogP contribution in [0, 0.1) is 5.82 Å². The summed E-state index contributed by atoms with van der Waals surface area (Å²) in [6, 6.07) is 2.65. The summed E-state index contributed by atoms with van der Waals surface area (Å²) >= 11 is 0. The number of benzene rings is 1. The number of anilines is 1. The first-order valence-corrected chi connectivity index (χ1v) is 4.65. The zero-order chi connectivity index (χ0) is 11.6. The van der Waals surface area contributed by atoms with Crippen molar-refractivity contribution in [1.82, 2.24) is 0 Å². The van der Waals surface area contributed by atoms with Crippen molar-refractivity contribution in [2.24, 2.45) is 0 Å². The van der Waals surface area contributed by atoms with Crippen LogP contribution in [0.15, 0.2) is 12.1 Å². The molecule has 0 atom stereocenters. The van der Waals surface area contributed by atoms with E-state index in [0.717, 1.165) is 0 Å². The number of ether oxygens (including phenoxy) is 2. The molecule has 0 aliphatic heterocycles. The van der Waals surface area contributed by atoms with E-state index in [0.29, 0.717) is 5.75 Å². The van der Waals surface area contributed by atoms with Crippen molar-refractivity contribution in [3.8, 4) is 11.5 Å². The summed E-state index contributed by atoms with van der Waals surface area (Å²) in [5.74, 6) is 0.0699. The Balaban J connectivity index is 3.08. The van der Waals surface area contributed by atoms with Gasteiger partial charge in [0.15, 0.2) is 11.6 Å². The van der Waals surface area contributed by atoms with Gasteiger partial charge in [0.1, 0.15) is 11.4 Å². The molecule has 1 aromatic carbocycles. The van der Waals surface area contributed by atoms with Crippen LogP contribution in [0.25, 0.3) is 0 Å². The van der Waals surface area contributed by atoms with Crippen LogP contribution in [0.5, 0.6) is 11.5 Å². The maximum atomic E-state index is 13.2. The summed E-state index contributed by atoms with van der Waals surface area (Å²) in [5, 5.41) is 0. The van der Waals surface area contributed by atoms with Crippen LogP contribution in [0.2, 0.25) is 0 Å². The van der Waals surface area contributed by atoms with Gasteiger partial charge in [-0.25, -0.2) is 4.39 Å². The minimum absolute atomic E-state index is 0.128. The molecule has 1 rings (SSSR count). The molecular weight excluding hydrogens is 197 g/mol. The number of nitrogens with two attached hydrogens (primary N) is 1. The number of halogens is 1. The van der Waals surface area contributed by atoms with Crippen molar-refractivity contribution in [3.63, 3.8) is 0 Å². The van der Waals surface area contributed by atoms with Crippen molar-refractivity contribution in [1.29, 1.82) is 0 Å². The fraction of sp³-hybridized carbons (Fsp3) is 0.455. The third kappa shape index (κ3) is 3.01. The molecule has 0 radical (unpaired) electrons. The second-order valence-electron chi connectivity index (χ2n) is 4.24. The highest BCUT2D eigenvalue weighted by Gasteiger charge is 2.16. The van der Waals surface area contributed by atoms with Crippen LogP contribution in [0.3, 0.4) is 0 Å². The monoisotopic (exact) mass is 213 g/mol. The molecule has 0 bridgehead atoms.